The summed E-state index contributed by atoms with van der Waals surface area (Å²) in [7, 11) is 0. The lowest BCUT2D eigenvalue weighted by Crippen LogP contribution is -2.50. The summed E-state index contributed by atoms with van der Waals surface area (Å²) in [5.74, 6) is 0.945. The highest BCUT2D eigenvalue weighted by molar-refractivity contribution is 5.91. The van der Waals surface area contributed by atoms with E-state index in [1.54, 1.807) is 0 Å². The van der Waals surface area contributed by atoms with Crippen molar-refractivity contribution in [1.29, 1.82) is 0 Å². The molecule has 0 radical (unpaired) electrons. The average molecular weight is 363 g/mol. The molecule has 0 amide bonds. The summed E-state index contributed by atoms with van der Waals surface area (Å²) in [6, 6.07) is 15.8. The van der Waals surface area contributed by atoms with Crippen molar-refractivity contribution >= 4 is 16.7 Å². The molecule has 3 aromatic rings. The van der Waals surface area contributed by atoms with Crippen LogP contribution in [-0.2, 0) is 5.41 Å². The van der Waals surface area contributed by atoms with Gasteiger partial charge in [-0.25, -0.2) is 4.98 Å². The minimum atomic E-state index is 0.164. The predicted octanol–water partition coefficient (Wildman–Crippen LogP) is 4.72. The minimum Gasteiger partial charge on any atom is -0.367 e. The Labute approximate surface area is 162 Å². The summed E-state index contributed by atoms with van der Waals surface area (Å²) in [6.45, 7) is 12.1. The van der Waals surface area contributed by atoms with Crippen molar-refractivity contribution in [3.63, 3.8) is 0 Å². The van der Waals surface area contributed by atoms with Crippen molar-refractivity contribution in [3.8, 4) is 11.4 Å². The largest absolute Gasteiger partial charge is 0.367 e. The summed E-state index contributed by atoms with van der Waals surface area (Å²) in [5.41, 5.74) is 6.06. The molecule has 4 nitrogen and oxygen atoms in total. The molecule has 1 atom stereocenters. The summed E-state index contributed by atoms with van der Waals surface area (Å²) >= 11 is 0. The van der Waals surface area contributed by atoms with E-state index in [1.807, 2.05) is 0 Å². The Bertz CT molecular complexity index is 918. The SMILES string of the molecule is CC[C@H]1CN(c2cccc3[nH]c(-c4ccc(C(C)(C)C)cc4)nc23)CCN1. The quantitative estimate of drug-likeness (QED) is 0.709. The number of fused-ring (bicyclic) bond motifs is 1. The molecule has 1 fully saturated rings. The van der Waals surface area contributed by atoms with Gasteiger partial charge in [-0.2, -0.15) is 0 Å². The number of benzene rings is 2. The smallest absolute Gasteiger partial charge is 0.138 e. The van der Waals surface area contributed by atoms with Crippen molar-refractivity contribution < 1.29 is 0 Å². The molecule has 2 heterocycles. The molecule has 2 aromatic carbocycles. The molecular formula is C23H30N4. The zero-order valence-electron chi connectivity index (χ0n) is 16.8. The molecule has 4 rings (SSSR count). The number of nitrogens with one attached hydrogen (secondary N) is 2. The van der Waals surface area contributed by atoms with E-state index in [0.717, 1.165) is 48.5 Å². The van der Waals surface area contributed by atoms with Crippen molar-refractivity contribution in [2.75, 3.05) is 24.5 Å². The normalized spacial score (nSPS) is 18.2. The molecule has 142 valence electrons. The fraction of sp³-hybridized carbons (Fsp3) is 0.435. The topological polar surface area (TPSA) is 44.0 Å². The molecule has 1 aromatic heterocycles. The van der Waals surface area contributed by atoms with Crippen LogP contribution in [0.2, 0.25) is 0 Å². The molecule has 0 bridgehead atoms. The number of rotatable bonds is 3. The van der Waals surface area contributed by atoms with Gasteiger partial charge in [0.2, 0.25) is 0 Å². The highest BCUT2D eigenvalue weighted by atomic mass is 15.2. The van der Waals surface area contributed by atoms with Gasteiger partial charge in [0.25, 0.3) is 0 Å². The Hall–Kier alpha value is -2.33. The van der Waals surface area contributed by atoms with E-state index in [-0.39, 0.29) is 5.41 Å². The highest BCUT2D eigenvalue weighted by Crippen LogP contribution is 2.30. The van der Waals surface area contributed by atoms with E-state index in [1.165, 1.54) is 11.3 Å². The number of nitrogens with zero attached hydrogens (tertiary/aromatic N) is 2. The van der Waals surface area contributed by atoms with Crippen LogP contribution in [0.15, 0.2) is 42.5 Å². The van der Waals surface area contributed by atoms with Gasteiger partial charge in [0.05, 0.1) is 11.2 Å². The number of imidazole rings is 1. The fourth-order valence-corrected chi connectivity index (χ4v) is 3.85. The third-order valence-electron chi connectivity index (χ3n) is 5.60. The number of H-pyrrole nitrogens is 1. The van der Waals surface area contributed by atoms with E-state index in [9.17, 15) is 0 Å². The number of aromatic nitrogens is 2. The maximum Gasteiger partial charge on any atom is 0.138 e. The van der Waals surface area contributed by atoms with Crippen LogP contribution in [0.5, 0.6) is 0 Å². The number of hydrogen-bond donors (Lipinski definition) is 2. The van der Waals surface area contributed by atoms with Crippen molar-refractivity contribution in [3.05, 3.63) is 48.0 Å². The van der Waals surface area contributed by atoms with Gasteiger partial charge in [-0.1, -0.05) is 58.0 Å². The summed E-state index contributed by atoms with van der Waals surface area (Å²) in [4.78, 5) is 11.0. The van der Waals surface area contributed by atoms with Crippen LogP contribution in [0.25, 0.3) is 22.4 Å². The molecule has 1 saturated heterocycles. The summed E-state index contributed by atoms with van der Waals surface area (Å²) < 4.78 is 0. The van der Waals surface area contributed by atoms with E-state index in [2.05, 4.69) is 85.4 Å². The fourth-order valence-electron chi connectivity index (χ4n) is 3.85. The molecule has 0 aliphatic carbocycles. The molecule has 0 spiro atoms. The van der Waals surface area contributed by atoms with Gasteiger partial charge in [-0.3, -0.25) is 0 Å². The molecule has 1 aliphatic heterocycles. The monoisotopic (exact) mass is 362 g/mol. The minimum absolute atomic E-state index is 0.164. The maximum absolute atomic E-state index is 4.98. The molecular weight excluding hydrogens is 332 g/mol. The molecule has 0 unspecified atom stereocenters. The first-order valence-electron chi connectivity index (χ1n) is 10.0. The van der Waals surface area contributed by atoms with E-state index >= 15 is 0 Å². The molecule has 0 saturated carbocycles. The Morgan fingerprint density at radius 3 is 2.59 bits per heavy atom. The number of hydrogen-bond acceptors (Lipinski definition) is 3. The lowest BCUT2D eigenvalue weighted by Gasteiger charge is -2.35. The van der Waals surface area contributed by atoms with Gasteiger partial charge in [0.1, 0.15) is 11.3 Å². The second-order valence-corrected chi connectivity index (χ2v) is 8.59. The van der Waals surface area contributed by atoms with Gasteiger partial charge in [-0.15, -0.1) is 0 Å². The zero-order chi connectivity index (χ0) is 19.0. The van der Waals surface area contributed by atoms with E-state index < -0.39 is 0 Å². The van der Waals surface area contributed by atoms with Crippen LogP contribution in [0, 0.1) is 0 Å². The van der Waals surface area contributed by atoms with Gasteiger partial charge in [-0.05, 0) is 29.5 Å². The average Bonchev–Trinajstić information content (AvgIpc) is 3.12. The van der Waals surface area contributed by atoms with Gasteiger partial charge in [0, 0.05) is 31.2 Å². The number of para-hydroxylation sites is 1. The third kappa shape index (κ3) is 3.59. The van der Waals surface area contributed by atoms with Crippen LogP contribution in [-0.4, -0.2) is 35.6 Å². The first-order chi connectivity index (χ1) is 13.0. The lowest BCUT2D eigenvalue weighted by atomic mass is 9.87. The van der Waals surface area contributed by atoms with Crippen LogP contribution < -0.4 is 10.2 Å². The van der Waals surface area contributed by atoms with Gasteiger partial charge in [0.15, 0.2) is 0 Å². The first kappa shape index (κ1) is 18.1. The molecule has 4 heteroatoms. The Morgan fingerprint density at radius 1 is 1.11 bits per heavy atom. The zero-order valence-corrected chi connectivity index (χ0v) is 16.8. The molecule has 1 aliphatic rings. The predicted molar refractivity (Wildman–Crippen MR) is 115 cm³/mol. The first-order valence-corrected chi connectivity index (χ1v) is 10.0. The Morgan fingerprint density at radius 2 is 1.89 bits per heavy atom. The van der Waals surface area contributed by atoms with Crippen LogP contribution in [0.3, 0.4) is 0 Å². The Balaban J connectivity index is 1.68. The van der Waals surface area contributed by atoms with Gasteiger partial charge < -0.3 is 15.2 Å². The standard InChI is InChI=1S/C23H30N4/c1-5-18-15-27(14-13-24-18)20-8-6-7-19-21(20)26-22(25-19)16-9-11-17(12-10-16)23(2,3)4/h6-12,18,24H,5,13-15H2,1-4H3,(H,25,26)/t18-/m0/s1. The van der Waals surface area contributed by atoms with Crippen molar-refractivity contribution in [1.82, 2.24) is 15.3 Å². The summed E-state index contributed by atoms with van der Waals surface area (Å²) in [5, 5.41) is 3.60. The lowest BCUT2D eigenvalue weighted by molar-refractivity contribution is 0.447. The summed E-state index contributed by atoms with van der Waals surface area (Å²) in [6.07, 6.45) is 1.15. The van der Waals surface area contributed by atoms with E-state index in [4.69, 9.17) is 4.98 Å². The Kier molecular flexibility index (Phi) is 4.68. The number of aromatic amines is 1. The number of anilines is 1. The highest BCUT2D eigenvalue weighted by Gasteiger charge is 2.21. The second-order valence-electron chi connectivity index (χ2n) is 8.59. The van der Waals surface area contributed by atoms with Crippen molar-refractivity contribution in [2.45, 2.75) is 45.6 Å². The second kappa shape index (κ2) is 7.01. The van der Waals surface area contributed by atoms with Crippen molar-refractivity contribution in [2.24, 2.45) is 0 Å². The van der Waals surface area contributed by atoms with Crippen LogP contribution in [0.4, 0.5) is 5.69 Å². The van der Waals surface area contributed by atoms with E-state index in [0.29, 0.717) is 6.04 Å². The molecule has 2 N–H and O–H groups in total. The third-order valence-corrected chi connectivity index (χ3v) is 5.60. The van der Waals surface area contributed by atoms with Crippen LogP contribution in [0.1, 0.15) is 39.7 Å². The van der Waals surface area contributed by atoms with Crippen LogP contribution >= 0.6 is 0 Å². The molecule has 27 heavy (non-hydrogen) atoms. The maximum atomic E-state index is 4.98. The van der Waals surface area contributed by atoms with Gasteiger partial charge >= 0.3 is 0 Å². The number of piperazine rings is 1.